The lowest BCUT2D eigenvalue weighted by molar-refractivity contribution is 0.629. The Morgan fingerprint density at radius 2 is 1.95 bits per heavy atom. The fourth-order valence-electron chi connectivity index (χ4n) is 2.26. The number of nitrogens with two attached hydrogens (primary N) is 1. The van der Waals surface area contributed by atoms with E-state index in [9.17, 15) is 4.39 Å². The van der Waals surface area contributed by atoms with Gasteiger partial charge in [-0.1, -0.05) is 30.3 Å². The molecule has 3 nitrogen and oxygen atoms in total. The number of aromatic amines is 1. The summed E-state index contributed by atoms with van der Waals surface area (Å²) in [5, 5.41) is 0. The lowest BCUT2D eigenvalue weighted by Crippen LogP contribution is -2.15. The molecular weight excluding hydrogens is 241 g/mol. The van der Waals surface area contributed by atoms with Crippen LogP contribution in [0, 0.1) is 5.82 Å². The van der Waals surface area contributed by atoms with E-state index in [1.807, 2.05) is 30.3 Å². The van der Waals surface area contributed by atoms with E-state index in [2.05, 4.69) is 9.97 Å². The summed E-state index contributed by atoms with van der Waals surface area (Å²) in [6, 6.07) is 14.5. The second-order valence-corrected chi connectivity index (χ2v) is 4.48. The van der Waals surface area contributed by atoms with Crippen LogP contribution in [0.2, 0.25) is 0 Å². The number of H-pyrrole nitrogens is 1. The van der Waals surface area contributed by atoms with E-state index in [1.165, 1.54) is 12.1 Å². The molecule has 0 aliphatic rings. The van der Waals surface area contributed by atoms with Crippen molar-refractivity contribution in [3.63, 3.8) is 0 Å². The van der Waals surface area contributed by atoms with E-state index in [0.29, 0.717) is 12.1 Å². The Balaban J connectivity index is 2.07. The molecule has 0 saturated carbocycles. The quantitative estimate of drug-likeness (QED) is 0.756. The topological polar surface area (TPSA) is 54.7 Å². The number of rotatable bonds is 3. The van der Waals surface area contributed by atoms with Gasteiger partial charge in [-0.25, -0.2) is 9.37 Å². The molecule has 4 heteroatoms. The van der Waals surface area contributed by atoms with Crippen molar-refractivity contribution in [2.45, 2.75) is 5.92 Å². The zero-order valence-corrected chi connectivity index (χ0v) is 10.3. The summed E-state index contributed by atoms with van der Waals surface area (Å²) < 4.78 is 13.2. The summed E-state index contributed by atoms with van der Waals surface area (Å²) in [6.45, 7) is 0.451. The number of aromatic nitrogens is 2. The van der Waals surface area contributed by atoms with Gasteiger partial charge in [0.15, 0.2) is 0 Å². The molecule has 1 heterocycles. The fraction of sp³-hybridized carbons (Fsp3) is 0.133. The molecule has 0 fully saturated rings. The molecule has 96 valence electrons. The first-order chi connectivity index (χ1) is 9.28. The average Bonchev–Trinajstić information content (AvgIpc) is 2.83. The van der Waals surface area contributed by atoms with E-state index >= 15 is 0 Å². The Morgan fingerprint density at radius 3 is 2.68 bits per heavy atom. The third-order valence-corrected chi connectivity index (χ3v) is 3.23. The molecule has 19 heavy (non-hydrogen) atoms. The molecule has 0 amide bonds. The van der Waals surface area contributed by atoms with Crippen LogP contribution in [0.25, 0.3) is 11.0 Å². The smallest absolute Gasteiger partial charge is 0.125 e. The van der Waals surface area contributed by atoms with E-state index in [-0.39, 0.29) is 11.7 Å². The molecule has 3 rings (SSSR count). The van der Waals surface area contributed by atoms with E-state index in [1.54, 1.807) is 6.07 Å². The van der Waals surface area contributed by atoms with Crippen molar-refractivity contribution in [3.05, 3.63) is 65.7 Å². The first-order valence-electron chi connectivity index (χ1n) is 6.18. The van der Waals surface area contributed by atoms with Gasteiger partial charge in [0.05, 0.1) is 17.0 Å². The normalized spacial score (nSPS) is 12.7. The highest BCUT2D eigenvalue weighted by Crippen LogP contribution is 2.23. The predicted molar refractivity (Wildman–Crippen MR) is 73.4 cm³/mol. The number of imidazole rings is 1. The van der Waals surface area contributed by atoms with Gasteiger partial charge in [0.1, 0.15) is 11.6 Å². The van der Waals surface area contributed by atoms with Gasteiger partial charge >= 0.3 is 0 Å². The lowest BCUT2D eigenvalue weighted by Gasteiger charge is -2.11. The summed E-state index contributed by atoms with van der Waals surface area (Å²) in [7, 11) is 0. The van der Waals surface area contributed by atoms with Crippen molar-refractivity contribution in [3.8, 4) is 0 Å². The molecule has 1 atom stereocenters. The Kier molecular flexibility index (Phi) is 3.01. The molecule has 0 spiro atoms. The van der Waals surface area contributed by atoms with Gasteiger partial charge in [-0.2, -0.15) is 0 Å². The number of benzene rings is 2. The van der Waals surface area contributed by atoms with Crippen molar-refractivity contribution in [2.75, 3.05) is 6.54 Å². The first-order valence-corrected chi connectivity index (χ1v) is 6.18. The highest BCUT2D eigenvalue weighted by Gasteiger charge is 2.16. The van der Waals surface area contributed by atoms with E-state index < -0.39 is 0 Å². The van der Waals surface area contributed by atoms with Crippen LogP contribution in [-0.2, 0) is 0 Å². The van der Waals surface area contributed by atoms with Gasteiger partial charge in [-0.05, 0) is 23.8 Å². The van der Waals surface area contributed by atoms with Crippen LogP contribution in [-0.4, -0.2) is 16.5 Å². The maximum atomic E-state index is 13.2. The number of nitrogens with one attached hydrogen (secondary N) is 1. The lowest BCUT2D eigenvalue weighted by atomic mass is 9.99. The molecule has 0 aliphatic heterocycles. The van der Waals surface area contributed by atoms with E-state index in [4.69, 9.17) is 5.73 Å². The Morgan fingerprint density at radius 1 is 1.16 bits per heavy atom. The molecule has 3 aromatic rings. The minimum absolute atomic E-state index is 0.00309. The van der Waals surface area contributed by atoms with Crippen LogP contribution in [0.4, 0.5) is 4.39 Å². The minimum atomic E-state index is -0.272. The zero-order chi connectivity index (χ0) is 13.2. The Hall–Kier alpha value is -2.20. The maximum absolute atomic E-state index is 13.2. The molecule has 0 bridgehead atoms. The summed E-state index contributed by atoms with van der Waals surface area (Å²) in [4.78, 5) is 7.65. The maximum Gasteiger partial charge on any atom is 0.125 e. The fourth-order valence-corrected chi connectivity index (χ4v) is 2.26. The summed E-state index contributed by atoms with van der Waals surface area (Å²) in [5.74, 6) is 0.498. The van der Waals surface area contributed by atoms with Gasteiger partial charge < -0.3 is 10.7 Å². The molecule has 1 unspecified atom stereocenters. The van der Waals surface area contributed by atoms with Crippen LogP contribution in [0.3, 0.4) is 0 Å². The van der Waals surface area contributed by atoms with Gasteiger partial charge in [-0.3, -0.25) is 0 Å². The number of hydrogen-bond acceptors (Lipinski definition) is 2. The molecule has 0 aliphatic carbocycles. The van der Waals surface area contributed by atoms with Gasteiger partial charge in [-0.15, -0.1) is 0 Å². The van der Waals surface area contributed by atoms with Crippen molar-refractivity contribution in [2.24, 2.45) is 5.73 Å². The molecule has 0 radical (unpaired) electrons. The standard InChI is InChI=1S/C15H14FN3/c16-11-6-7-13-14(8-11)19-15(18-13)12(9-17)10-4-2-1-3-5-10/h1-8,12H,9,17H2,(H,18,19). The summed E-state index contributed by atoms with van der Waals surface area (Å²) in [5.41, 5.74) is 8.41. The van der Waals surface area contributed by atoms with Crippen LogP contribution in [0.5, 0.6) is 0 Å². The van der Waals surface area contributed by atoms with Crippen LogP contribution < -0.4 is 5.73 Å². The van der Waals surface area contributed by atoms with Crippen LogP contribution >= 0.6 is 0 Å². The molecule has 0 saturated heterocycles. The van der Waals surface area contributed by atoms with Gasteiger partial charge in [0, 0.05) is 6.54 Å². The highest BCUT2D eigenvalue weighted by molar-refractivity contribution is 5.75. The van der Waals surface area contributed by atoms with E-state index in [0.717, 1.165) is 16.9 Å². The van der Waals surface area contributed by atoms with Gasteiger partial charge in [0.2, 0.25) is 0 Å². The summed E-state index contributed by atoms with van der Waals surface area (Å²) in [6.07, 6.45) is 0. The van der Waals surface area contributed by atoms with Gasteiger partial charge in [0.25, 0.3) is 0 Å². The third kappa shape index (κ3) is 2.22. The number of nitrogens with zero attached hydrogens (tertiary/aromatic N) is 1. The largest absolute Gasteiger partial charge is 0.341 e. The Labute approximate surface area is 110 Å². The second-order valence-electron chi connectivity index (χ2n) is 4.48. The second kappa shape index (κ2) is 4.82. The third-order valence-electron chi connectivity index (χ3n) is 3.23. The molecule has 2 aromatic carbocycles. The van der Waals surface area contributed by atoms with Crippen molar-refractivity contribution in [1.82, 2.24) is 9.97 Å². The number of hydrogen-bond donors (Lipinski definition) is 2. The predicted octanol–water partition coefficient (Wildman–Crippen LogP) is 2.79. The molecular formula is C15H14FN3. The van der Waals surface area contributed by atoms with Crippen molar-refractivity contribution < 1.29 is 4.39 Å². The minimum Gasteiger partial charge on any atom is -0.341 e. The SMILES string of the molecule is NCC(c1ccccc1)c1nc2ccc(F)cc2[nH]1. The number of fused-ring (bicyclic) bond motifs is 1. The van der Waals surface area contributed by atoms with Crippen molar-refractivity contribution in [1.29, 1.82) is 0 Å². The summed E-state index contributed by atoms with van der Waals surface area (Å²) >= 11 is 0. The van der Waals surface area contributed by atoms with Crippen LogP contribution in [0.15, 0.2) is 48.5 Å². The molecule has 1 aromatic heterocycles. The Bertz CT molecular complexity index is 691. The molecule has 3 N–H and O–H groups in total. The highest BCUT2D eigenvalue weighted by atomic mass is 19.1. The first kappa shape index (κ1) is 11.9. The van der Waals surface area contributed by atoms with Crippen LogP contribution in [0.1, 0.15) is 17.3 Å². The number of halogens is 1. The monoisotopic (exact) mass is 255 g/mol. The average molecular weight is 255 g/mol. The van der Waals surface area contributed by atoms with Crippen molar-refractivity contribution >= 4 is 11.0 Å². The zero-order valence-electron chi connectivity index (χ0n) is 10.3.